The van der Waals surface area contributed by atoms with Crippen molar-refractivity contribution in [3.05, 3.63) is 0 Å². The summed E-state index contributed by atoms with van der Waals surface area (Å²) in [5.74, 6) is -0.223. The number of likely N-dealkylation sites (tertiary alicyclic amines) is 1. The number of β-amino-alcohol motifs (C(OH)–C–C–N with tert-alkyl or cyclic N) is 1. The van der Waals surface area contributed by atoms with Crippen molar-refractivity contribution in [2.75, 3.05) is 19.6 Å². The van der Waals surface area contributed by atoms with Gasteiger partial charge in [-0.15, -0.1) is 0 Å². The van der Waals surface area contributed by atoms with Crippen LogP contribution in [0.15, 0.2) is 0 Å². The van der Waals surface area contributed by atoms with Gasteiger partial charge in [-0.1, -0.05) is 0 Å². The zero-order valence-electron chi connectivity index (χ0n) is 9.57. The molecule has 4 heteroatoms. The second kappa shape index (κ2) is 4.94. The molecular weight excluding hydrogens is 194 g/mol. The average Bonchev–Trinajstić information content (AvgIpc) is 2.45. The zero-order chi connectivity index (χ0) is 11.5. The molecule has 0 bridgehead atoms. The van der Waals surface area contributed by atoms with E-state index in [1.807, 2.05) is 0 Å². The molecule has 0 aromatic carbocycles. The van der Waals surface area contributed by atoms with Crippen LogP contribution in [-0.4, -0.2) is 46.3 Å². The summed E-state index contributed by atoms with van der Waals surface area (Å²) in [7, 11) is 0. The zero-order valence-corrected chi connectivity index (χ0v) is 9.57. The van der Waals surface area contributed by atoms with Gasteiger partial charge in [0.15, 0.2) is 0 Å². The highest BCUT2D eigenvalue weighted by Gasteiger charge is 2.26. The number of hydrogen-bond donors (Lipinski definition) is 2. The van der Waals surface area contributed by atoms with Crippen molar-refractivity contribution in [1.82, 2.24) is 4.90 Å². The first-order valence-electron chi connectivity index (χ1n) is 5.53. The van der Waals surface area contributed by atoms with Crippen molar-refractivity contribution < 1.29 is 15.0 Å². The molecule has 0 amide bonds. The highest BCUT2D eigenvalue weighted by Crippen LogP contribution is 2.22. The fourth-order valence-corrected chi connectivity index (χ4v) is 2.17. The fourth-order valence-electron chi connectivity index (χ4n) is 2.17. The highest BCUT2D eigenvalue weighted by molar-refractivity contribution is 5.66. The fraction of sp³-hybridized carbons (Fsp3) is 0.909. The molecular formula is C11H21NO3. The van der Waals surface area contributed by atoms with Crippen LogP contribution in [0.5, 0.6) is 0 Å². The Bertz CT molecular complexity index is 222. The molecule has 15 heavy (non-hydrogen) atoms. The molecule has 1 saturated heterocycles. The van der Waals surface area contributed by atoms with Crippen LogP contribution < -0.4 is 0 Å². The number of rotatable bonds is 5. The Morgan fingerprint density at radius 3 is 2.73 bits per heavy atom. The van der Waals surface area contributed by atoms with Crippen LogP contribution in [-0.2, 0) is 4.79 Å². The van der Waals surface area contributed by atoms with Gasteiger partial charge in [0.2, 0.25) is 0 Å². The Morgan fingerprint density at radius 1 is 1.53 bits per heavy atom. The summed E-state index contributed by atoms with van der Waals surface area (Å²) < 4.78 is 0. The molecule has 0 radical (unpaired) electrons. The lowest BCUT2D eigenvalue weighted by molar-refractivity contribution is -0.137. The molecule has 0 aromatic heterocycles. The molecule has 2 N–H and O–H groups in total. The number of carboxylic acids is 1. The molecule has 0 saturated carbocycles. The van der Waals surface area contributed by atoms with Crippen LogP contribution in [0.2, 0.25) is 0 Å². The number of aliphatic carboxylic acids is 1. The average molecular weight is 215 g/mol. The van der Waals surface area contributed by atoms with Crippen LogP contribution in [0.1, 0.15) is 33.1 Å². The van der Waals surface area contributed by atoms with Crippen molar-refractivity contribution in [3.8, 4) is 0 Å². The maximum Gasteiger partial charge on any atom is 0.303 e. The Labute approximate surface area is 90.9 Å². The number of hydrogen-bond acceptors (Lipinski definition) is 3. The normalized spacial score (nSPS) is 23.3. The van der Waals surface area contributed by atoms with E-state index in [9.17, 15) is 9.90 Å². The Morgan fingerprint density at radius 2 is 2.20 bits per heavy atom. The third-order valence-corrected chi connectivity index (χ3v) is 2.75. The summed E-state index contributed by atoms with van der Waals surface area (Å²) in [4.78, 5) is 12.6. The van der Waals surface area contributed by atoms with Gasteiger partial charge in [0.25, 0.3) is 0 Å². The Balaban J connectivity index is 2.24. The summed E-state index contributed by atoms with van der Waals surface area (Å²) in [5, 5.41) is 18.2. The van der Waals surface area contributed by atoms with Crippen molar-refractivity contribution in [1.29, 1.82) is 0 Å². The predicted molar refractivity (Wildman–Crippen MR) is 57.7 cm³/mol. The molecule has 1 heterocycles. The van der Waals surface area contributed by atoms with Gasteiger partial charge in [-0.25, -0.2) is 0 Å². The minimum atomic E-state index is -0.712. The predicted octanol–water partition coefficient (Wildman–Crippen LogP) is 0.944. The molecule has 0 spiro atoms. The summed E-state index contributed by atoms with van der Waals surface area (Å²) >= 11 is 0. The van der Waals surface area contributed by atoms with E-state index in [4.69, 9.17) is 5.11 Å². The summed E-state index contributed by atoms with van der Waals surface area (Å²) in [6.07, 6.45) is 2.09. The van der Waals surface area contributed by atoms with Gasteiger partial charge in [0, 0.05) is 19.5 Å². The standard InChI is InChI=1S/C11H21NO3/c1-11(2,15)8-12-6-5-9(7-12)3-4-10(13)14/h9,15H,3-8H2,1-2H3,(H,13,14). The van der Waals surface area contributed by atoms with Crippen LogP contribution in [0, 0.1) is 5.92 Å². The lowest BCUT2D eigenvalue weighted by Crippen LogP contribution is -2.37. The van der Waals surface area contributed by atoms with E-state index in [1.54, 1.807) is 13.8 Å². The first-order chi connectivity index (χ1) is 6.87. The maximum absolute atomic E-state index is 10.4. The van der Waals surface area contributed by atoms with E-state index in [0.29, 0.717) is 12.5 Å². The van der Waals surface area contributed by atoms with Gasteiger partial charge in [0.05, 0.1) is 5.60 Å². The maximum atomic E-state index is 10.4. The van der Waals surface area contributed by atoms with Crippen molar-refractivity contribution in [2.45, 2.75) is 38.7 Å². The van der Waals surface area contributed by atoms with E-state index >= 15 is 0 Å². The SMILES string of the molecule is CC(C)(O)CN1CCC(CCC(=O)O)C1. The molecule has 1 rings (SSSR count). The third-order valence-electron chi connectivity index (χ3n) is 2.75. The second-order valence-electron chi connectivity index (χ2n) is 5.13. The monoisotopic (exact) mass is 215 g/mol. The molecule has 1 aliphatic heterocycles. The molecule has 4 nitrogen and oxygen atoms in total. The van der Waals surface area contributed by atoms with Crippen molar-refractivity contribution in [2.24, 2.45) is 5.92 Å². The molecule has 1 atom stereocenters. The topological polar surface area (TPSA) is 60.8 Å². The number of aliphatic hydroxyl groups is 1. The van der Waals surface area contributed by atoms with E-state index in [2.05, 4.69) is 4.90 Å². The Hall–Kier alpha value is -0.610. The van der Waals surface area contributed by atoms with E-state index in [0.717, 1.165) is 25.9 Å². The van der Waals surface area contributed by atoms with Crippen LogP contribution in [0.3, 0.4) is 0 Å². The highest BCUT2D eigenvalue weighted by atomic mass is 16.4. The van der Waals surface area contributed by atoms with Crippen LogP contribution >= 0.6 is 0 Å². The van der Waals surface area contributed by atoms with E-state index in [1.165, 1.54) is 0 Å². The first-order valence-corrected chi connectivity index (χ1v) is 5.53. The Kier molecular flexibility index (Phi) is 4.11. The quantitative estimate of drug-likeness (QED) is 0.716. The summed E-state index contributed by atoms with van der Waals surface area (Å²) in [6, 6.07) is 0. The molecule has 0 aromatic rings. The molecule has 1 unspecified atom stereocenters. The lowest BCUT2D eigenvalue weighted by atomic mass is 10.0. The molecule has 0 aliphatic carbocycles. The minimum Gasteiger partial charge on any atom is -0.481 e. The lowest BCUT2D eigenvalue weighted by Gasteiger charge is -2.25. The smallest absolute Gasteiger partial charge is 0.303 e. The van der Waals surface area contributed by atoms with Crippen LogP contribution in [0.4, 0.5) is 0 Å². The number of carboxylic acid groups (broad SMARTS) is 1. The van der Waals surface area contributed by atoms with Crippen molar-refractivity contribution >= 4 is 5.97 Å². The molecule has 88 valence electrons. The van der Waals surface area contributed by atoms with Crippen molar-refractivity contribution in [3.63, 3.8) is 0 Å². The largest absolute Gasteiger partial charge is 0.481 e. The van der Waals surface area contributed by atoms with Gasteiger partial charge in [-0.3, -0.25) is 4.79 Å². The summed E-state index contributed by atoms with van der Waals surface area (Å²) in [5.41, 5.74) is -0.651. The third kappa shape index (κ3) is 5.14. The molecule has 1 fully saturated rings. The molecule has 1 aliphatic rings. The van der Waals surface area contributed by atoms with Gasteiger partial charge in [0.1, 0.15) is 0 Å². The van der Waals surface area contributed by atoms with Gasteiger partial charge in [-0.2, -0.15) is 0 Å². The summed E-state index contributed by atoms with van der Waals surface area (Å²) in [6.45, 7) is 6.19. The van der Waals surface area contributed by atoms with E-state index in [-0.39, 0.29) is 6.42 Å². The second-order valence-corrected chi connectivity index (χ2v) is 5.13. The first kappa shape index (κ1) is 12.5. The van der Waals surface area contributed by atoms with Gasteiger partial charge in [-0.05, 0) is 39.2 Å². The van der Waals surface area contributed by atoms with Crippen LogP contribution in [0.25, 0.3) is 0 Å². The van der Waals surface area contributed by atoms with Gasteiger partial charge >= 0.3 is 5.97 Å². The number of nitrogens with zero attached hydrogens (tertiary/aromatic N) is 1. The van der Waals surface area contributed by atoms with E-state index < -0.39 is 11.6 Å². The minimum absolute atomic E-state index is 0.265. The number of carbonyl (C=O) groups is 1. The van der Waals surface area contributed by atoms with Gasteiger partial charge < -0.3 is 15.1 Å².